The summed E-state index contributed by atoms with van der Waals surface area (Å²) in [6, 6.07) is 20.9. The van der Waals surface area contributed by atoms with Gasteiger partial charge < -0.3 is 24.2 Å². The summed E-state index contributed by atoms with van der Waals surface area (Å²) < 4.78 is 16.1. The van der Waals surface area contributed by atoms with E-state index in [-0.39, 0.29) is 11.3 Å². The molecule has 0 spiro atoms. The average molecular weight is 474 g/mol. The zero-order chi connectivity index (χ0) is 24.9. The van der Waals surface area contributed by atoms with E-state index in [1.54, 1.807) is 42.5 Å². The molecule has 1 atom stereocenters. The van der Waals surface area contributed by atoms with Gasteiger partial charge in [-0.1, -0.05) is 48.5 Å². The monoisotopic (exact) mass is 473 g/mol. The van der Waals surface area contributed by atoms with Crippen LogP contribution in [0.4, 0.5) is 0 Å². The summed E-state index contributed by atoms with van der Waals surface area (Å²) in [5, 5.41) is 11.3. The van der Waals surface area contributed by atoms with Gasteiger partial charge in [-0.15, -0.1) is 0 Å². The SMILES string of the molecule is COc1cccc(/C(O)=C2\C(=O)C(=O)N(CCc3ccccc3)C2c2ccc(OC)c(OC)c2)c1. The Labute approximate surface area is 204 Å². The topological polar surface area (TPSA) is 85.3 Å². The number of rotatable bonds is 8. The first-order valence-corrected chi connectivity index (χ1v) is 11.2. The number of methoxy groups -OCH3 is 3. The number of likely N-dealkylation sites (tertiary alicyclic amines) is 1. The molecule has 1 saturated heterocycles. The summed E-state index contributed by atoms with van der Waals surface area (Å²) in [6.07, 6.45) is 0.552. The number of hydrogen-bond donors (Lipinski definition) is 1. The number of amides is 1. The van der Waals surface area contributed by atoms with Crippen LogP contribution in [0.1, 0.15) is 22.7 Å². The summed E-state index contributed by atoms with van der Waals surface area (Å²) >= 11 is 0. The number of carbonyl (C=O) groups excluding carboxylic acids is 2. The summed E-state index contributed by atoms with van der Waals surface area (Å²) in [6.45, 7) is 0.294. The van der Waals surface area contributed by atoms with Crippen LogP contribution in [0.2, 0.25) is 0 Å². The maximum absolute atomic E-state index is 13.3. The number of Topliss-reactive ketones (excluding diaryl/α,β-unsaturated/α-hetero) is 1. The average Bonchev–Trinajstić information content (AvgIpc) is 3.16. The Morgan fingerprint density at radius 1 is 0.857 bits per heavy atom. The zero-order valence-electron chi connectivity index (χ0n) is 19.9. The molecule has 180 valence electrons. The number of benzene rings is 3. The van der Waals surface area contributed by atoms with Crippen molar-refractivity contribution in [3.8, 4) is 17.2 Å². The molecule has 4 rings (SSSR count). The van der Waals surface area contributed by atoms with E-state index in [9.17, 15) is 14.7 Å². The molecule has 1 aliphatic rings. The van der Waals surface area contributed by atoms with Gasteiger partial charge in [0.05, 0.1) is 32.9 Å². The Balaban J connectivity index is 1.83. The van der Waals surface area contributed by atoms with Crippen LogP contribution in [0.15, 0.2) is 78.4 Å². The fraction of sp³-hybridized carbons (Fsp3) is 0.214. The molecule has 0 radical (unpaired) electrons. The maximum atomic E-state index is 13.3. The summed E-state index contributed by atoms with van der Waals surface area (Å²) in [5.74, 6) is -0.159. The van der Waals surface area contributed by atoms with Gasteiger partial charge >= 0.3 is 0 Å². The third-order valence-electron chi connectivity index (χ3n) is 6.09. The maximum Gasteiger partial charge on any atom is 0.295 e. The van der Waals surface area contributed by atoms with Crippen molar-refractivity contribution in [3.05, 3.63) is 95.1 Å². The van der Waals surface area contributed by atoms with Crippen LogP contribution in [0, 0.1) is 0 Å². The Morgan fingerprint density at radius 2 is 1.60 bits per heavy atom. The molecule has 0 bridgehead atoms. The van der Waals surface area contributed by atoms with Crippen LogP contribution in [0.3, 0.4) is 0 Å². The second kappa shape index (κ2) is 10.3. The first kappa shape index (κ1) is 23.9. The minimum atomic E-state index is -0.801. The second-order valence-corrected chi connectivity index (χ2v) is 8.07. The van der Waals surface area contributed by atoms with Gasteiger partial charge in [-0.2, -0.15) is 0 Å². The van der Waals surface area contributed by atoms with E-state index in [0.717, 1.165) is 5.56 Å². The Hall–Kier alpha value is -4.26. The molecule has 1 fully saturated rings. The van der Waals surface area contributed by atoms with Crippen LogP contribution in [-0.2, 0) is 16.0 Å². The zero-order valence-corrected chi connectivity index (χ0v) is 19.9. The smallest absolute Gasteiger partial charge is 0.295 e. The van der Waals surface area contributed by atoms with E-state index >= 15 is 0 Å². The second-order valence-electron chi connectivity index (χ2n) is 8.07. The fourth-order valence-electron chi connectivity index (χ4n) is 4.30. The van der Waals surface area contributed by atoms with Crippen LogP contribution >= 0.6 is 0 Å². The van der Waals surface area contributed by atoms with Gasteiger partial charge in [0.1, 0.15) is 11.5 Å². The van der Waals surface area contributed by atoms with Crippen molar-refractivity contribution in [2.75, 3.05) is 27.9 Å². The molecular formula is C28H27NO6. The molecule has 0 aromatic heterocycles. The van der Waals surface area contributed by atoms with Gasteiger partial charge in [0.25, 0.3) is 11.7 Å². The number of ether oxygens (including phenoxy) is 3. The van der Waals surface area contributed by atoms with Gasteiger partial charge in [0.15, 0.2) is 11.5 Å². The van der Waals surface area contributed by atoms with Crippen LogP contribution in [0.25, 0.3) is 5.76 Å². The molecule has 3 aromatic rings. The molecule has 0 aliphatic carbocycles. The molecular weight excluding hydrogens is 446 g/mol. The summed E-state index contributed by atoms with van der Waals surface area (Å²) in [7, 11) is 4.57. The van der Waals surface area contributed by atoms with Crippen molar-refractivity contribution in [2.24, 2.45) is 0 Å². The van der Waals surface area contributed by atoms with Crippen molar-refractivity contribution in [3.63, 3.8) is 0 Å². The minimum Gasteiger partial charge on any atom is -0.507 e. The van der Waals surface area contributed by atoms with Gasteiger partial charge in [0.2, 0.25) is 0 Å². The number of aliphatic hydroxyl groups excluding tert-OH is 1. The Morgan fingerprint density at radius 3 is 2.29 bits per heavy atom. The number of carbonyl (C=O) groups is 2. The predicted octanol–water partition coefficient (Wildman–Crippen LogP) is 4.38. The minimum absolute atomic E-state index is 0.0172. The summed E-state index contributed by atoms with van der Waals surface area (Å²) in [4.78, 5) is 28.0. The highest BCUT2D eigenvalue weighted by Gasteiger charge is 2.46. The lowest BCUT2D eigenvalue weighted by Crippen LogP contribution is -2.31. The first-order chi connectivity index (χ1) is 17.0. The van der Waals surface area contributed by atoms with Crippen molar-refractivity contribution in [1.82, 2.24) is 4.90 Å². The quantitative estimate of drug-likeness (QED) is 0.297. The van der Waals surface area contributed by atoms with E-state index < -0.39 is 17.7 Å². The highest BCUT2D eigenvalue weighted by atomic mass is 16.5. The fourth-order valence-corrected chi connectivity index (χ4v) is 4.30. The molecule has 35 heavy (non-hydrogen) atoms. The predicted molar refractivity (Wildman–Crippen MR) is 132 cm³/mol. The number of ketones is 1. The molecule has 7 heteroatoms. The van der Waals surface area contributed by atoms with E-state index in [1.807, 2.05) is 30.3 Å². The lowest BCUT2D eigenvalue weighted by atomic mass is 9.94. The Kier molecular flexibility index (Phi) is 7.06. The van der Waals surface area contributed by atoms with Gasteiger partial charge in [-0.3, -0.25) is 9.59 Å². The van der Waals surface area contributed by atoms with Crippen molar-refractivity contribution in [2.45, 2.75) is 12.5 Å². The molecule has 1 heterocycles. The molecule has 0 saturated carbocycles. The molecule has 1 amide bonds. The molecule has 7 nitrogen and oxygen atoms in total. The van der Waals surface area contributed by atoms with Crippen LogP contribution in [-0.4, -0.2) is 49.6 Å². The van der Waals surface area contributed by atoms with E-state index in [4.69, 9.17) is 14.2 Å². The van der Waals surface area contributed by atoms with Crippen LogP contribution < -0.4 is 14.2 Å². The molecule has 3 aromatic carbocycles. The standard InChI is InChI=1S/C28H27NO6/c1-33-21-11-7-10-20(16-21)26(30)24-25(19-12-13-22(34-2)23(17-19)35-3)29(28(32)27(24)31)15-14-18-8-5-4-6-9-18/h4-13,16-17,25,30H,14-15H2,1-3H3/b26-24+. The number of nitrogens with zero attached hydrogens (tertiary/aromatic N) is 1. The number of aliphatic hydroxyl groups is 1. The van der Waals surface area contributed by atoms with Gasteiger partial charge in [-0.25, -0.2) is 0 Å². The van der Waals surface area contributed by atoms with Crippen molar-refractivity contribution < 1.29 is 28.9 Å². The van der Waals surface area contributed by atoms with E-state index in [0.29, 0.717) is 41.3 Å². The highest BCUT2D eigenvalue weighted by molar-refractivity contribution is 6.46. The highest BCUT2D eigenvalue weighted by Crippen LogP contribution is 2.42. The normalized spacial score (nSPS) is 16.9. The third kappa shape index (κ3) is 4.71. The molecule has 1 N–H and O–H groups in total. The van der Waals surface area contributed by atoms with Crippen molar-refractivity contribution in [1.29, 1.82) is 0 Å². The van der Waals surface area contributed by atoms with E-state index in [1.165, 1.54) is 26.2 Å². The summed E-state index contributed by atoms with van der Waals surface area (Å²) in [5.41, 5.74) is 2.06. The van der Waals surface area contributed by atoms with Crippen molar-refractivity contribution >= 4 is 17.4 Å². The number of hydrogen-bond acceptors (Lipinski definition) is 6. The Bertz CT molecular complexity index is 1270. The lowest BCUT2D eigenvalue weighted by molar-refractivity contribution is -0.139. The largest absolute Gasteiger partial charge is 0.507 e. The molecule has 1 aliphatic heterocycles. The molecule has 1 unspecified atom stereocenters. The van der Waals surface area contributed by atoms with Gasteiger partial charge in [-0.05, 0) is 41.8 Å². The lowest BCUT2D eigenvalue weighted by Gasteiger charge is -2.26. The first-order valence-electron chi connectivity index (χ1n) is 11.2. The third-order valence-corrected chi connectivity index (χ3v) is 6.09. The van der Waals surface area contributed by atoms with Crippen LogP contribution in [0.5, 0.6) is 17.2 Å². The van der Waals surface area contributed by atoms with E-state index in [2.05, 4.69) is 0 Å². The van der Waals surface area contributed by atoms with Gasteiger partial charge in [0, 0.05) is 12.1 Å².